The second-order valence-corrected chi connectivity index (χ2v) is 5.50. The van der Waals surface area contributed by atoms with Crippen LogP contribution in [0.4, 0.5) is 5.69 Å². The Morgan fingerprint density at radius 1 is 1.35 bits per heavy atom. The fourth-order valence-electron chi connectivity index (χ4n) is 2.51. The zero-order chi connectivity index (χ0) is 14.9. The summed E-state index contributed by atoms with van der Waals surface area (Å²) in [7, 11) is 0. The monoisotopic (exact) mass is 276 g/mol. The van der Waals surface area contributed by atoms with Gasteiger partial charge in [0.1, 0.15) is 0 Å². The van der Waals surface area contributed by atoms with Gasteiger partial charge >= 0.3 is 5.97 Å². The second kappa shape index (κ2) is 5.63. The maximum atomic E-state index is 12.4. The van der Waals surface area contributed by atoms with E-state index in [4.69, 9.17) is 5.73 Å². The number of carbonyl (C=O) groups is 2. The predicted molar refractivity (Wildman–Crippen MR) is 76.6 cm³/mol. The summed E-state index contributed by atoms with van der Waals surface area (Å²) in [5, 5.41) is 9.28. The van der Waals surface area contributed by atoms with Crippen molar-refractivity contribution >= 4 is 17.6 Å². The SMILES string of the molecule is CC(C)[C@H](N)C(=O)N1CCC(C(=O)O)c2ccccc21. The Balaban J connectivity index is 2.37. The molecule has 0 bridgehead atoms. The highest BCUT2D eigenvalue weighted by atomic mass is 16.4. The first-order valence-electron chi connectivity index (χ1n) is 6.82. The minimum absolute atomic E-state index is 0.0480. The second-order valence-electron chi connectivity index (χ2n) is 5.50. The zero-order valence-corrected chi connectivity index (χ0v) is 11.7. The molecule has 0 saturated heterocycles. The molecule has 1 aromatic rings. The van der Waals surface area contributed by atoms with Gasteiger partial charge in [-0.05, 0) is 24.0 Å². The first kappa shape index (κ1) is 14.5. The Kier molecular flexibility index (Phi) is 4.09. The van der Waals surface area contributed by atoms with Crippen LogP contribution < -0.4 is 10.6 Å². The van der Waals surface area contributed by atoms with E-state index in [-0.39, 0.29) is 11.8 Å². The largest absolute Gasteiger partial charge is 0.481 e. The lowest BCUT2D eigenvalue weighted by molar-refractivity contribution is -0.139. The topological polar surface area (TPSA) is 83.6 Å². The molecule has 1 aromatic carbocycles. The number of nitrogens with two attached hydrogens (primary N) is 1. The van der Waals surface area contributed by atoms with Crippen LogP contribution in [0, 0.1) is 5.92 Å². The number of hydrogen-bond donors (Lipinski definition) is 2. The van der Waals surface area contributed by atoms with E-state index in [1.165, 1.54) is 0 Å². The van der Waals surface area contributed by atoms with Crippen LogP contribution >= 0.6 is 0 Å². The van der Waals surface area contributed by atoms with E-state index < -0.39 is 17.9 Å². The number of carboxylic acid groups (broad SMARTS) is 1. The molecule has 0 spiro atoms. The average molecular weight is 276 g/mol. The van der Waals surface area contributed by atoms with Gasteiger partial charge in [0.25, 0.3) is 0 Å². The maximum Gasteiger partial charge on any atom is 0.311 e. The normalized spacial score (nSPS) is 19.6. The van der Waals surface area contributed by atoms with Crippen molar-refractivity contribution in [1.29, 1.82) is 0 Å². The van der Waals surface area contributed by atoms with Crippen molar-refractivity contribution in [3.63, 3.8) is 0 Å². The van der Waals surface area contributed by atoms with Crippen LogP contribution in [0.2, 0.25) is 0 Å². The van der Waals surface area contributed by atoms with Crippen molar-refractivity contribution in [2.24, 2.45) is 11.7 Å². The lowest BCUT2D eigenvalue weighted by Crippen LogP contribution is -2.49. The third-order valence-corrected chi connectivity index (χ3v) is 3.81. The molecule has 2 atom stereocenters. The molecule has 3 N–H and O–H groups in total. The molecule has 5 nitrogen and oxygen atoms in total. The number of carbonyl (C=O) groups excluding carboxylic acids is 1. The van der Waals surface area contributed by atoms with E-state index in [0.29, 0.717) is 24.2 Å². The van der Waals surface area contributed by atoms with Crippen molar-refractivity contribution in [3.05, 3.63) is 29.8 Å². The first-order chi connectivity index (χ1) is 9.43. The van der Waals surface area contributed by atoms with Crippen LogP contribution in [-0.2, 0) is 9.59 Å². The summed E-state index contributed by atoms with van der Waals surface area (Å²) in [5.41, 5.74) is 7.30. The zero-order valence-electron chi connectivity index (χ0n) is 11.7. The molecule has 0 saturated carbocycles. The Labute approximate surface area is 118 Å². The van der Waals surface area contributed by atoms with Crippen LogP contribution in [-0.4, -0.2) is 29.6 Å². The summed E-state index contributed by atoms with van der Waals surface area (Å²) in [6.45, 7) is 4.20. The highest BCUT2D eigenvalue weighted by Gasteiger charge is 2.34. The minimum atomic E-state index is -0.849. The standard InChI is InChI=1S/C15H20N2O3/c1-9(2)13(16)14(18)17-8-7-11(15(19)20)10-5-3-4-6-12(10)17/h3-6,9,11,13H,7-8,16H2,1-2H3,(H,19,20)/t11?,13-/m0/s1. The van der Waals surface area contributed by atoms with E-state index in [9.17, 15) is 14.7 Å². The van der Waals surface area contributed by atoms with Crippen LogP contribution in [0.15, 0.2) is 24.3 Å². The highest BCUT2D eigenvalue weighted by molar-refractivity contribution is 5.99. The first-order valence-corrected chi connectivity index (χ1v) is 6.82. The number of rotatable bonds is 3. The molecule has 1 amide bonds. The summed E-state index contributed by atoms with van der Waals surface area (Å²) >= 11 is 0. The number of amides is 1. The van der Waals surface area contributed by atoms with Gasteiger partial charge in [-0.25, -0.2) is 0 Å². The lowest BCUT2D eigenvalue weighted by atomic mass is 9.89. The van der Waals surface area contributed by atoms with Crippen LogP contribution in [0.3, 0.4) is 0 Å². The number of benzene rings is 1. The number of para-hydroxylation sites is 1. The Bertz CT molecular complexity index is 528. The van der Waals surface area contributed by atoms with Crippen LogP contribution in [0.5, 0.6) is 0 Å². The molecule has 5 heteroatoms. The summed E-state index contributed by atoms with van der Waals surface area (Å²) in [4.78, 5) is 25.4. The third-order valence-electron chi connectivity index (χ3n) is 3.81. The Hall–Kier alpha value is -1.88. The molecular formula is C15H20N2O3. The predicted octanol–water partition coefficient (Wildman–Crippen LogP) is 1.57. The van der Waals surface area contributed by atoms with Gasteiger partial charge < -0.3 is 15.7 Å². The van der Waals surface area contributed by atoms with E-state index in [0.717, 1.165) is 0 Å². The van der Waals surface area contributed by atoms with Crippen molar-refractivity contribution < 1.29 is 14.7 Å². The molecule has 0 fully saturated rings. The van der Waals surface area contributed by atoms with E-state index in [1.54, 1.807) is 23.1 Å². The van der Waals surface area contributed by atoms with Crippen LogP contribution in [0.1, 0.15) is 31.7 Å². The molecule has 108 valence electrons. The average Bonchev–Trinajstić information content (AvgIpc) is 2.44. The molecule has 0 aromatic heterocycles. The van der Waals surface area contributed by atoms with E-state index in [2.05, 4.69) is 0 Å². The number of fused-ring (bicyclic) bond motifs is 1. The number of carboxylic acids is 1. The molecule has 0 aliphatic carbocycles. The molecule has 1 aliphatic rings. The smallest absolute Gasteiger partial charge is 0.311 e. The Morgan fingerprint density at radius 2 is 2.00 bits per heavy atom. The number of anilines is 1. The fraction of sp³-hybridized carbons (Fsp3) is 0.467. The molecule has 1 unspecified atom stereocenters. The molecule has 2 rings (SSSR count). The number of hydrogen-bond acceptors (Lipinski definition) is 3. The summed E-state index contributed by atoms with van der Waals surface area (Å²) in [6.07, 6.45) is 0.420. The van der Waals surface area contributed by atoms with Gasteiger partial charge in [-0.1, -0.05) is 32.0 Å². The summed E-state index contributed by atoms with van der Waals surface area (Å²) < 4.78 is 0. The number of nitrogens with zero attached hydrogens (tertiary/aromatic N) is 1. The third kappa shape index (κ3) is 2.54. The van der Waals surface area contributed by atoms with Gasteiger partial charge in [0.05, 0.1) is 12.0 Å². The maximum absolute atomic E-state index is 12.4. The Morgan fingerprint density at radius 3 is 2.60 bits per heavy atom. The molecule has 1 aliphatic heterocycles. The fourth-order valence-corrected chi connectivity index (χ4v) is 2.51. The van der Waals surface area contributed by atoms with Gasteiger partial charge in [0, 0.05) is 12.2 Å². The van der Waals surface area contributed by atoms with Gasteiger partial charge in [-0.15, -0.1) is 0 Å². The van der Waals surface area contributed by atoms with Gasteiger partial charge in [0.15, 0.2) is 0 Å². The summed E-state index contributed by atoms with van der Waals surface area (Å²) in [5.74, 6) is -1.49. The molecule has 20 heavy (non-hydrogen) atoms. The molecule has 1 heterocycles. The summed E-state index contributed by atoms with van der Waals surface area (Å²) in [6, 6.07) is 6.60. The highest BCUT2D eigenvalue weighted by Crippen LogP contribution is 2.35. The van der Waals surface area contributed by atoms with Crippen molar-refractivity contribution in [1.82, 2.24) is 0 Å². The van der Waals surface area contributed by atoms with Crippen molar-refractivity contribution in [2.75, 3.05) is 11.4 Å². The minimum Gasteiger partial charge on any atom is -0.481 e. The van der Waals surface area contributed by atoms with Gasteiger partial charge in [-0.2, -0.15) is 0 Å². The van der Waals surface area contributed by atoms with Gasteiger partial charge in [0.2, 0.25) is 5.91 Å². The lowest BCUT2D eigenvalue weighted by Gasteiger charge is -2.34. The van der Waals surface area contributed by atoms with Crippen LogP contribution in [0.25, 0.3) is 0 Å². The van der Waals surface area contributed by atoms with E-state index >= 15 is 0 Å². The van der Waals surface area contributed by atoms with Crippen molar-refractivity contribution in [3.8, 4) is 0 Å². The molecular weight excluding hydrogens is 256 g/mol. The van der Waals surface area contributed by atoms with E-state index in [1.807, 2.05) is 19.9 Å². The van der Waals surface area contributed by atoms with Crippen molar-refractivity contribution in [2.45, 2.75) is 32.2 Å². The molecule has 0 radical (unpaired) electrons. The number of aliphatic carboxylic acids is 1. The quantitative estimate of drug-likeness (QED) is 0.877. The van der Waals surface area contributed by atoms with Gasteiger partial charge in [-0.3, -0.25) is 9.59 Å².